The Kier molecular flexibility index (Phi) is 49.2. The van der Waals surface area contributed by atoms with Gasteiger partial charge < -0.3 is 52.1 Å². The van der Waals surface area contributed by atoms with Gasteiger partial charge in [0.2, 0.25) is 11.5 Å². The van der Waals surface area contributed by atoms with Crippen molar-refractivity contribution in [2.24, 2.45) is 0 Å². The van der Waals surface area contributed by atoms with Crippen LogP contribution < -0.4 is 37.9 Å². The van der Waals surface area contributed by atoms with E-state index >= 15 is 0 Å². The lowest BCUT2D eigenvalue weighted by atomic mass is 10.1. The number of benzene rings is 4. The zero-order valence-corrected chi connectivity index (χ0v) is 59.3. The molecule has 19 nitrogen and oxygen atoms in total. The van der Waals surface area contributed by atoms with Gasteiger partial charge in [0.1, 0.15) is 31.3 Å². The molecule has 0 unspecified atom stereocenters. The fraction of sp³-hybridized carbons (Fsp3) is 0.481. The van der Waals surface area contributed by atoms with Gasteiger partial charge in [-0.2, -0.15) is 0 Å². The second-order valence-electron chi connectivity index (χ2n) is 23.1. The summed E-state index contributed by atoms with van der Waals surface area (Å²) in [6.45, 7) is 28.8. The van der Waals surface area contributed by atoms with E-state index in [1.54, 1.807) is 54.6 Å². The quantitative estimate of drug-likeness (QED) is 0.00592. The Morgan fingerprint density at radius 2 is 0.550 bits per heavy atom. The molecule has 0 saturated carbocycles. The zero-order valence-electron chi connectivity index (χ0n) is 59.3. The highest BCUT2D eigenvalue weighted by Crippen LogP contribution is 2.43. The number of hydrogen-bond acceptors (Lipinski definition) is 19. The lowest BCUT2D eigenvalue weighted by molar-refractivity contribution is -0.286. The van der Waals surface area contributed by atoms with Crippen molar-refractivity contribution in [1.29, 1.82) is 0 Å². The highest BCUT2D eigenvalue weighted by molar-refractivity contribution is 5.90. The van der Waals surface area contributed by atoms with Crippen LogP contribution in [-0.2, 0) is 53.1 Å². The number of ether oxygens (including phenoxy) is 11. The summed E-state index contributed by atoms with van der Waals surface area (Å²) in [6.07, 6.45) is 36.9. The number of unbranched alkanes of at least 4 members (excludes halogenated alkanes) is 18. The van der Waals surface area contributed by atoms with E-state index in [1.807, 2.05) is 48.5 Å². The summed E-state index contributed by atoms with van der Waals surface area (Å²) in [5.41, 5.74) is 2.97. The van der Waals surface area contributed by atoms with Gasteiger partial charge in [0, 0.05) is 23.3 Å². The van der Waals surface area contributed by atoms with E-state index in [4.69, 9.17) is 81.4 Å². The molecule has 4 aromatic rings. The molecule has 0 amide bonds. The first-order chi connectivity index (χ1) is 49.3. The fourth-order valence-electron chi connectivity index (χ4n) is 9.78. The largest absolute Gasteiger partial charge is 0.502 e. The maximum Gasteiger partial charge on any atom is 0.336 e. The maximum absolute atomic E-state index is 13.5. The smallest absolute Gasteiger partial charge is 0.336 e. The Morgan fingerprint density at radius 3 is 0.840 bits per heavy atom. The first kappa shape index (κ1) is 84.1. The van der Waals surface area contributed by atoms with E-state index in [-0.39, 0.29) is 0 Å². The molecule has 0 aliphatic rings. The third kappa shape index (κ3) is 39.5. The lowest BCUT2D eigenvalue weighted by Crippen LogP contribution is -2.08. The van der Waals surface area contributed by atoms with Crippen LogP contribution in [-0.4, -0.2) is 111 Å². The van der Waals surface area contributed by atoms with Gasteiger partial charge in [-0.15, -0.1) is 19.7 Å². The van der Waals surface area contributed by atoms with Crippen LogP contribution >= 0.6 is 0 Å². The van der Waals surface area contributed by atoms with E-state index in [9.17, 15) is 9.59 Å². The highest BCUT2D eigenvalue weighted by atomic mass is 17.2. The van der Waals surface area contributed by atoms with E-state index < -0.39 is 11.9 Å². The molecular weight excluding hydrogens is 1280 g/mol. The van der Waals surface area contributed by atoms with Crippen LogP contribution in [0.25, 0.3) is 23.3 Å². The lowest BCUT2D eigenvalue weighted by Gasteiger charge is -2.19. The minimum absolute atomic E-state index is 0.339. The molecule has 4 rings (SSSR count). The van der Waals surface area contributed by atoms with Crippen molar-refractivity contribution < 1.29 is 91.0 Å². The summed E-state index contributed by atoms with van der Waals surface area (Å²) in [6, 6.07) is 21.8. The van der Waals surface area contributed by atoms with Crippen LogP contribution in [0, 0.1) is 0 Å². The number of rotatable bonds is 67. The van der Waals surface area contributed by atoms with Crippen molar-refractivity contribution in [3.63, 3.8) is 0 Å². The van der Waals surface area contributed by atoms with Gasteiger partial charge in [-0.1, -0.05) is 81.5 Å². The minimum atomic E-state index is -0.583. The van der Waals surface area contributed by atoms with Gasteiger partial charge >= 0.3 is 11.9 Å². The summed E-state index contributed by atoms with van der Waals surface area (Å²) in [4.78, 5) is 57.8. The topological polar surface area (TPSA) is 191 Å². The molecule has 4 aromatic carbocycles. The van der Waals surface area contributed by atoms with Crippen LogP contribution in [0.15, 0.2) is 161 Å². The van der Waals surface area contributed by atoms with Crippen LogP contribution in [0.1, 0.15) is 165 Å². The van der Waals surface area contributed by atoms with E-state index in [2.05, 4.69) is 39.5 Å². The first-order valence-corrected chi connectivity index (χ1v) is 35.7. The Balaban J connectivity index is 1.47. The average molecular weight is 1390 g/mol. The summed E-state index contributed by atoms with van der Waals surface area (Å²) >= 11 is 0. The molecule has 0 aliphatic carbocycles. The fourth-order valence-corrected chi connectivity index (χ4v) is 9.78. The molecule has 0 spiro atoms. The van der Waals surface area contributed by atoms with Crippen molar-refractivity contribution in [1.82, 2.24) is 0 Å². The molecule has 0 bridgehead atoms. The summed E-state index contributed by atoms with van der Waals surface area (Å²) in [7, 11) is 0. The van der Waals surface area contributed by atoms with Crippen molar-refractivity contribution in [3.8, 4) is 57.1 Å². The van der Waals surface area contributed by atoms with Crippen LogP contribution in [0.4, 0.5) is 0 Å². The Hall–Kier alpha value is -8.30. The first-order valence-electron chi connectivity index (χ1n) is 35.7. The van der Waals surface area contributed by atoms with Crippen molar-refractivity contribution >= 4 is 24.1 Å². The van der Waals surface area contributed by atoms with Gasteiger partial charge in [0.15, 0.2) is 23.0 Å². The number of esters is 2. The third-order valence-corrected chi connectivity index (χ3v) is 15.0. The van der Waals surface area contributed by atoms with Gasteiger partial charge in [-0.3, -0.25) is 0 Å². The molecule has 550 valence electrons. The van der Waals surface area contributed by atoms with Gasteiger partial charge in [0.25, 0.3) is 0 Å². The van der Waals surface area contributed by atoms with Crippen LogP contribution in [0.3, 0.4) is 0 Å². The van der Waals surface area contributed by atoms with Gasteiger partial charge in [-0.25, -0.2) is 38.9 Å². The Labute approximate surface area is 595 Å². The number of carbonyl (C=O) groups is 2. The predicted octanol–water partition coefficient (Wildman–Crippen LogP) is 19.1. The van der Waals surface area contributed by atoms with E-state index in [0.29, 0.717) is 156 Å². The maximum atomic E-state index is 13.5. The normalized spacial score (nSPS) is 11.0. The van der Waals surface area contributed by atoms with E-state index in [1.165, 1.54) is 30.9 Å². The third-order valence-electron chi connectivity index (χ3n) is 15.0. The van der Waals surface area contributed by atoms with Gasteiger partial charge in [0.05, 0.1) is 98.1 Å². The second-order valence-corrected chi connectivity index (χ2v) is 23.1. The average Bonchev–Trinajstić information content (AvgIpc) is 0.827. The van der Waals surface area contributed by atoms with Crippen molar-refractivity contribution in [2.75, 3.05) is 99.1 Å². The molecule has 0 heterocycles. The van der Waals surface area contributed by atoms with Crippen LogP contribution in [0.2, 0.25) is 0 Å². The second kappa shape index (κ2) is 58.5. The molecule has 0 radical (unpaired) electrons. The number of hydrogen-bond donors (Lipinski definition) is 0. The molecule has 100 heavy (non-hydrogen) atoms. The van der Waals surface area contributed by atoms with Crippen molar-refractivity contribution in [2.45, 2.75) is 154 Å². The molecule has 19 heteroatoms. The molecule has 0 aliphatic heterocycles. The summed E-state index contributed by atoms with van der Waals surface area (Å²) in [5, 5.41) is 0. The molecule has 0 N–H and O–H groups in total. The Morgan fingerprint density at radius 1 is 0.280 bits per heavy atom. The molecule has 0 fully saturated rings. The minimum Gasteiger partial charge on any atom is -0.502 e. The highest BCUT2D eigenvalue weighted by Gasteiger charge is 2.20. The molecular formula is C81H112O19. The predicted molar refractivity (Wildman–Crippen MR) is 393 cm³/mol. The summed E-state index contributed by atoms with van der Waals surface area (Å²) in [5.74, 6) is 2.60. The zero-order chi connectivity index (χ0) is 71.2. The molecule has 0 aromatic heterocycles. The monoisotopic (exact) mass is 1390 g/mol. The SMILES string of the molecule is C=CCOOCCCCCCOc1ccc(C=CC(=O)Oc2ccc(-c3ccc(OC(=O)C=Cc4ccc(OCCCCCCOC=C)c(OCCCCCCOC=C)c4OCCCCCCOOCC=C)cc3)cc2)c(OCCCCCCOC=C)c1OCCCCCCOOCC=C. The van der Waals surface area contributed by atoms with Gasteiger partial charge in [-0.05, 0) is 207 Å². The van der Waals surface area contributed by atoms with E-state index in [0.717, 1.165) is 165 Å². The standard InChI is InChI=1S/C81H112O19/c1-7-53-93-96-65-34-22-19-29-60-88-75-50-42-70(78(89-61-30-17-14-26-57-85-11-5)81(75)92-64-33-21-24-36-67-98-95-55-9-3)43-51-76(82)99-72-45-37-68(38-46-72)69-39-47-73(48-40-69)100-77(83)52-44-71-41-49-74(87-59-28-16-13-25-56-84-10-4)80(91-63-32-18-15-27-58-86-12-6)79(71)90-62-31-20-23-35-66-97-94-54-8-2/h7-12,37-52H,1-6,13-36,53-67H2. The Bertz CT molecular complexity index is 2900. The molecule has 0 atom stereocenters. The van der Waals surface area contributed by atoms with Crippen molar-refractivity contribution in [3.05, 3.63) is 173 Å². The molecule has 0 saturated heterocycles. The number of carbonyl (C=O) groups excluding carboxylic acids is 2. The summed E-state index contributed by atoms with van der Waals surface area (Å²) < 4.78 is 66.4. The van der Waals surface area contributed by atoms with Crippen LogP contribution in [0.5, 0.6) is 46.0 Å².